The SMILES string of the molecule is CCCOCCOCCCCCOCCOCCOCCNC(=O)CCC(CCCO)C[C@@H](C)[C@H](C[C@@H](O)C(C)/C=C(\C)C(O)CC(=O)C(C)CC(C)/C=C/C=C/C=C(\S)[C@@H]1C[C@](CCC(C)C)(O[C@@H](O)N2CCCCC2)O1)OC=O. The molecule has 1 amide bonds. The van der Waals surface area contributed by atoms with Gasteiger partial charge in [0.15, 0.2) is 5.79 Å². The van der Waals surface area contributed by atoms with Gasteiger partial charge in [0.25, 0.3) is 6.47 Å². The number of ketones is 1. The van der Waals surface area contributed by atoms with Gasteiger partial charge in [-0.2, -0.15) is 0 Å². The van der Waals surface area contributed by atoms with Crippen molar-refractivity contribution in [3.05, 3.63) is 46.9 Å². The lowest BCUT2D eigenvalue weighted by molar-refractivity contribution is -0.397. The summed E-state index contributed by atoms with van der Waals surface area (Å²) in [7, 11) is 0. The highest BCUT2D eigenvalue weighted by Gasteiger charge is 2.49. The fourth-order valence-corrected chi connectivity index (χ4v) is 10.3. The second kappa shape index (κ2) is 45.8. The van der Waals surface area contributed by atoms with Crippen molar-refractivity contribution in [3.63, 3.8) is 0 Å². The lowest BCUT2D eigenvalue weighted by atomic mass is 9.83. The molecule has 0 aromatic carbocycles. The van der Waals surface area contributed by atoms with Crippen LogP contribution in [0.4, 0.5) is 0 Å². The van der Waals surface area contributed by atoms with E-state index in [2.05, 4.69) is 33.0 Å². The van der Waals surface area contributed by atoms with Gasteiger partial charge in [0.05, 0.1) is 64.6 Å². The van der Waals surface area contributed by atoms with E-state index >= 15 is 0 Å². The number of nitrogens with zero attached hydrogens (tertiary/aromatic N) is 1. The van der Waals surface area contributed by atoms with E-state index in [0.717, 1.165) is 76.2 Å². The van der Waals surface area contributed by atoms with Crippen LogP contribution < -0.4 is 5.32 Å². The molecule has 11 atom stereocenters. The Morgan fingerprint density at radius 2 is 1.41 bits per heavy atom. The number of piperidine rings is 1. The molecule has 470 valence electrons. The van der Waals surface area contributed by atoms with Crippen LogP contribution >= 0.6 is 12.6 Å². The molecule has 0 aromatic rings. The predicted molar refractivity (Wildman–Crippen MR) is 321 cm³/mol. The van der Waals surface area contributed by atoms with Crippen molar-refractivity contribution in [1.29, 1.82) is 0 Å². The number of ether oxygens (including phenoxy) is 8. The van der Waals surface area contributed by atoms with Crippen LogP contribution in [0.15, 0.2) is 46.9 Å². The highest BCUT2D eigenvalue weighted by Crippen LogP contribution is 2.43. The molecule has 0 saturated carbocycles. The first kappa shape index (κ1) is 74.5. The maximum absolute atomic E-state index is 13.3. The van der Waals surface area contributed by atoms with Crippen molar-refractivity contribution in [2.75, 3.05) is 92.3 Å². The van der Waals surface area contributed by atoms with Gasteiger partial charge in [-0.15, -0.1) is 12.6 Å². The van der Waals surface area contributed by atoms with Crippen LogP contribution in [-0.2, 0) is 52.3 Å². The minimum Gasteiger partial charge on any atom is -0.464 e. The zero-order valence-corrected chi connectivity index (χ0v) is 52.1. The van der Waals surface area contributed by atoms with Gasteiger partial charge in [-0.3, -0.25) is 19.3 Å². The number of thiol groups is 1. The summed E-state index contributed by atoms with van der Waals surface area (Å²) in [6, 6.07) is 0. The summed E-state index contributed by atoms with van der Waals surface area (Å²) < 4.78 is 45.8. The summed E-state index contributed by atoms with van der Waals surface area (Å²) in [5.41, 5.74) is 0.581. The predicted octanol–water partition coefficient (Wildman–Crippen LogP) is 9.44. The lowest BCUT2D eigenvalue weighted by Gasteiger charge is -2.49. The Labute approximate surface area is 494 Å². The van der Waals surface area contributed by atoms with E-state index in [0.29, 0.717) is 129 Å². The first-order chi connectivity index (χ1) is 38.9. The first-order valence-electron chi connectivity index (χ1n) is 30.9. The molecular formula is C63H112N2O15S. The van der Waals surface area contributed by atoms with Crippen molar-refractivity contribution in [3.8, 4) is 0 Å². The summed E-state index contributed by atoms with van der Waals surface area (Å²) in [4.78, 5) is 40.5. The van der Waals surface area contributed by atoms with Gasteiger partial charge in [0, 0.05) is 94.9 Å². The second-order valence-electron chi connectivity index (χ2n) is 23.2. The van der Waals surface area contributed by atoms with Gasteiger partial charge in [-0.05, 0) is 113 Å². The van der Waals surface area contributed by atoms with E-state index in [-0.39, 0.29) is 60.9 Å². The molecule has 81 heavy (non-hydrogen) atoms. The van der Waals surface area contributed by atoms with Crippen molar-refractivity contribution < 1.29 is 72.7 Å². The molecule has 2 fully saturated rings. The van der Waals surface area contributed by atoms with Crippen LogP contribution in [0.3, 0.4) is 0 Å². The molecule has 0 aliphatic carbocycles. The molecule has 17 nitrogen and oxygen atoms in total. The van der Waals surface area contributed by atoms with Crippen molar-refractivity contribution in [2.45, 2.75) is 208 Å². The monoisotopic (exact) mass is 1170 g/mol. The molecule has 0 aromatic heterocycles. The number of hydrogen-bond donors (Lipinski definition) is 6. The van der Waals surface area contributed by atoms with Gasteiger partial charge in [0.1, 0.15) is 11.9 Å². The standard InChI is InChI=1S/C63H112N2O15S/c1-9-31-73-35-36-74-32-17-12-18-33-75-37-39-77-40-38-76-34-27-64-61(71)24-23-54(21-19-30-66)43-53(8)58(78-47-67)45-57(70)52(7)42-51(6)56(69)44-55(68)50(5)41-49(4)20-13-10-14-22-60(81)59-46-63(79-59,26-25-48(2)3)80-62(72)65-28-15-11-16-29-65/h10,13-14,20,22,42,47-50,52-54,56-59,62,66,69-70,72,81H,9,11-12,15-19,21,23-41,43-46H2,1-8H3,(H,64,71)/b14-10+,20-13+,51-42+,60-22-/t49?,50?,52?,53-,54?,56?,57-,58+,59+,62-,63+/m1/s1. The van der Waals surface area contributed by atoms with Crippen molar-refractivity contribution >= 4 is 30.8 Å². The van der Waals surface area contributed by atoms with E-state index in [4.69, 9.17) is 50.5 Å². The van der Waals surface area contributed by atoms with E-state index in [1.807, 2.05) is 56.1 Å². The maximum Gasteiger partial charge on any atom is 0.293 e. The number of carbonyl (C=O) groups excluding carboxylic acids is 3. The quantitative estimate of drug-likeness (QED) is 0.00834. The molecule has 0 spiro atoms. The number of unbranched alkanes of at least 4 members (excludes halogenated alkanes) is 2. The topological polar surface area (TPSA) is 221 Å². The number of amides is 1. The Balaban J connectivity index is 1.71. The van der Waals surface area contributed by atoms with Gasteiger partial charge >= 0.3 is 0 Å². The summed E-state index contributed by atoms with van der Waals surface area (Å²) in [6.45, 7) is 24.1. The average Bonchev–Trinajstić information content (AvgIpc) is 3.57. The average molecular weight is 1170 g/mol. The van der Waals surface area contributed by atoms with Crippen LogP contribution in [0.5, 0.6) is 0 Å². The Hall–Kier alpha value is -2.56. The van der Waals surface area contributed by atoms with Crippen molar-refractivity contribution in [1.82, 2.24) is 10.2 Å². The Bertz CT molecular complexity index is 1750. The highest BCUT2D eigenvalue weighted by atomic mass is 32.1. The number of hydrogen-bond acceptors (Lipinski definition) is 17. The molecular weight excluding hydrogens is 1060 g/mol. The van der Waals surface area contributed by atoms with Gasteiger partial charge in [-0.25, -0.2) is 0 Å². The number of likely N-dealkylation sites (tertiary alicyclic amines) is 1. The number of aliphatic hydroxyl groups is 4. The summed E-state index contributed by atoms with van der Waals surface area (Å²) in [5, 5.41) is 45.8. The number of Topliss-reactive ketones (excluding diaryl/α,β-unsaturated/α-hetero) is 1. The molecule has 2 aliphatic heterocycles. The second-order valence-corrected chi connectivity index (χ2v) is 23.7. The largest absolute Gasteiger partial charge is 0.464 e. The number of rotatable bonds is 51. The lowest BCUT2D eigenvalue weighted by Crippen LogP contribution is -2.57. The van der Waals surface area contributed by atoms with Crippen LogP contribution in [-0.4, -0.2) is 172 Å². The molecule has 0 bridgehead atoms. The summed E-state index contributed by atoms with van der Waals surface area (Å²) >= 11 is 4.72. The zero-order valence-electron chi connectivity index (χ0n) is 51.2. The molecule has 2 aliphatic rings. The summed E-state index contributed by atoms with van der Waals surface area (Å²) in [6.07, 6.45) is 20.9. The molecule has 0 radical (unpaired) electrons. The minimum atomic E-state index is -1.01. The van der Waals surface area contributed by atoms with Crippen LogP contribution in [0.2, 0.25) is 0 Å². The molecule has 2 heterocycles. The third-order valence-corrected chi connectivity index (χ3v) is 15.7. The first-order valence-corrected chi connectivity index (χ1v) is 31.3. The van der Waals surface area contributed by atoms with Crippen molar-refractivity contribution in [2.24, 2.45) is 35.5 Å². The zero-order chi connectivity index (χ0) is 59.7. The van der Waals surface area contributed by atoms with E-state index < -0.39 is 36.4 Å². The maximum atomic E-state index is 13.3. The fourth-order valence-electron chi connectivity index (χ4n) is 10.1. The smallest absolute Gasteiger partial charge is 0.293 e. The Morgan fingerprint density at radius 1 is 0.778 bits per heavy atom. The normalized spacial score (nSPS) is 20.9. The number of aliphatic hydroxyl groups excluding tert-OH is 4. The molecule has 5 N–H and O–H groups in total. The molecule has 2 saturated heterocycles. The van der Waals surface area contributed by atoms with Gasteiger partial charge in [-0.1, -0.05) is 91.3 Å². The summed E-state index contributed by atoms with van der Waals surface area (Å²) in [5.74, 6) is -1.14. The van der Waals surface area contributed by atoms with Crippen LogP contribution in [0.1, 0.15) is 171 Å². The molecule has 5 unspecified atom stereocenters. The fraction of sp³-hybridized carbons (Fsp3) is 0.825. The van der Waals surface area contributed by atoms with E-state index in [1.165, 1.54) is 6.42 Å². The van der Waals surface area contributed by atoms with Crippen LogP contribution in [0, 0.1) is 35.5 Å². The van der Waals surface area contributed by atoms with Gasteiger partial charge < -0.3 is 63.6 Å². The van der Waals surface area contributed by atoms with E-state index in [1.54, 1.807) is 13.0 Å². The Morgan fingerprint density at radius 3 is 2.02 bits per heavy atom. The van der Waals surface area contributed by atoms with Gasteiger partial charge in [0.2, 0.25) is 12.3 Å². The number of nitrogens with one attached hydrogen (secondary N) is 1. The molecule has 18 heteroatoms. The Kier molecular flexibility index (Phi) is 42.1. The van der Waals surface area contributed by atoms with E-state index in [9.17, 15) is 34.8 Å². The number of allylic oxidation sites excluding steroid dienone is 5. The number of carbonyl (C=O) groups is 3. The highest BCUT2D eigenvalue weighted by molar-refractivity contribution is 7.84. The van der Waals surface area contributed by atoms with Crippen LogP contribution in [0.25, 0.3) is 0 Å². The minimum absolute atomic E-state index is 0.0252. The molecule has 2 rings (SSSR count). The third-order valence-electron chi connectivity index (χ3n) is 15.3. The third kappa shape index (κ3) is 34.9.